The first-order valence-electron chi connectivity index (χ1n) is 8.91. The highest BCUT2D eigenvalue weighted by atomic mass is 19.1. The maximum Gasteiger partial charge on any atom is 0.224 e. The van der Waals surface area contributed by atoms with E-state index < -0.39 is 0 Å². The number of ether oxygens (including phenoxy) is 1. The molecule has 3 heterocycles. The van der Waals surface area contributed by atoms with Crippen LogP contribution >= 0.6 is 0 Å². The number of halogens is 1. The van der Waals surface area contributed by atoms with Crippen molar-refractivity contribution in [2.24, 2.45) is 0 Å². The first-order valence-corrected chi connectivity index (χ1v) is 8.91. The summed E-state index contributed by atoms with van der Waals surface area (Å²) >= 11 is 0. The molecule has 3 aromatic rings. The number of hydrogen-bond acceptors (Lipinski definition) is 7. The van der Waals surface area contributed by atoms with Gasteiger partial charge in [0.15, 0.2) is 0 Å². The van der Waals surface area contributed by atoms with Crippen LogP contribution in [-0.4, -0.2) is 51.4 Å². The van der Waals surface area contributed by atoms with Crippen molar-refractivity contribution < 1.29 is 14.2 Å². The Morgan fingerprint density at radius 3 is 2.96 bits per heavy atom. The van der Waals surface area contributed by atoms with Crippen molar-refractivity contribution in [2.75, 3.05) is 37.0 Å². The third-order valence-corrected chi connectivity index (χ3v) is 4.42. The van der Waals surface area contributed by atoms with E-state index in [0.29, 0.717) is 48.3 Å². The summed E-state index contributed by atoms with van der Waals surface area (Å²) < 4.78 is 18.8. The van der Waals surface area contributed by atoms with Gasteiger partial charge in [0.2, 0.25) is 5.95 Å². The molecule has 0 bridgehead atoms. The first kappa shape index (κ1) is 17.6. The number of hydrogen-bond donors (Lipinski definition) is 4. The maximum atomic E-state index is 13.3. The van der Waals surface area contributed by atoms with Gasteiger partial charge in [0.25, 0.3) is 0 Å². The lowest BCUT2D eigenvalue weighted by atomic mass is 10.0. The van der Waals surface area contributed by atoms with Crippen molar-refractivity contribution in [1.29, 1.82) is 0 Å². The fourth-order valence-corrected chi connectivity index (χ4v) is 3.07. The lowest BCUT2D eigenvalue weighted by Gasteiger charge is -2.13. The summed E-state index contributed by atoms with van der Waals surface area (Å²) in [6.07, 6.45) is 0.922. The predicted octanol–water partition coefficient (Wildman–Crippen LogP) is 2.01. The molecule has 142 valence electrons. The second-order valence-corrected chi connectivity index (χ2v) is 6.41. The quantitative estimate of drug-likeness (QED) is 0.502. The molecule has 1 aromatic carbocycles. The van der Waals surface area contributed by atoms with Crippen molar-refractivity contribution in [3.8, 4) is 0 Å². The molecular formula is C18H21FN6O2. The van der Waals surface area contributed by atoms with Gasteiger partial charge in [-0.05, 0) is 24.6 Å². The summed E-state index contributed by atoms with van der Waals surface area (Å²) in [5.41, 5.74) is 2.27. The smallest absolute Gasteiger partial charge is 0.224 e. The number of benzene rings is 1. The molecule has 1 atom stereocenters. The summed E-state index contributed by atoms with van der Waals surface area (Å²) in [6.45, 7) is 2.16. The molecule has 4 N–H and O–H groups in total. The van der Waals surface area contributed by atoms with E-state index in [0.717, 1.165) is 18.7 Å². The van der Waals surface area contributed by atoms with Crippen molar-refractivity contribution in [3.63, 3.8) is 0 Å². The SMILES string of the molecule is OCCNc1nc(NCc2nc3ccc(F)cc3[nH]2)cc([C@H]2CCOC2)n1. The fourth-order valence-electron chi connectivity index (χ4n) is 3.07. The van der Waals surface area contributed by atoms with Gasteiger partial charge in [0, 0.05) is 25.1 Å². The van der Waals surface area contributed by atoms with Gasteiger partial charge in [-0.3, -0.25) is 0 Å². The Labute approximate surface area is 155 Å². The van der Waals surface area contributed by atoms with Gasteiger partial charge >= 0.3 is 0 Å². The summed E-state index contributed by atoms with van der Waals surface area (Å²) in [5.74, 6) is 1.73. The Hall–Kier alpha value is -2.78. The van der Waals surface area contributed by atoms with Crippen LogP contribution in [0.25, 0.3) is 11.0 Å². The normalized spacial score (nSPS) is 16.7. The van der Waals surface area contributed by atoms with Crippen LogP contribution in [0.1, 0.15) is 23.9 Å². The monoisotopic (exact) mass is 372 g/mol. The van der Waals surface area contributed by atoms with E-state index >= 15 is 0 Å². The van der Waals surface area contributed by atoms with Crippen LogP contribution in [0, 0.1) is 5.82 Å². The van der Waals surface area contributed by atoms with Gasteiger partial charge in [-0.1, -0.05) is 0 Å². The van der Waals surface area contributed by atoms with Crippen molar-refractivity contribution >= 4 is 22.8 Å². The van der Waals surface area contributed by atoms with Gasteiger partial charge < -0.3 is 25.5 Å². The Kier molecular flexibility index (Phi) is 5.12. The number of aliphatic hydroxyl groups excluding tert-OH is 1. The number of H-pyrrole nitrogens is 1. The molecule has 1 aliphatic rings. The van der Waals surface area contributed by atoms with E-state index in [1.807, 2.05) is 6.07 Å². The molecule has 0 saturated carbocycles. The molecule has 0 aliphatic carbocycles. The second-order valence-electron chi connectivity index (χ2n) is 6.41. The minimum absolute atomic E-state index is 0.00155. The van der Waals surface area contributed by atoms with Gasteiger partial charge in [0.1, 0.15) is 17.5 Å². The second kappa shape index (κ2) is 7.85. The minimum Gasteiger partial charge on any atom is -0.395 e. The van der Waals surface area contributed by atoms with Crippen LogP contribution < -0.4 is 10.6 Å². The van der Waals surface area contributed by atoms with Gasteiger partial charge in [0.05, 0.1) is 36.5 Å². The highest BCUT2D eigenvalue weighted by Crippen LogP contribution is 2.26. The van der Waals surface area contributed by atoms with Crippen LogP contribution in [0.5, 0.6) is 0 Å². The summed E-state index contributed by atoms with van der Waals surface area (Å²) in [4.78, 5) is 16.5. The van der Waals surface area contributed by atoms with Gasteiger partial charge in [-0.15, -0.1) is 0 Å². The molecule has 2 aromatic heterocycles. The number of aromatic amines is 1. The molecule has 1 saturated heterocycles. The highest BCUT2D eigenvalue weighted by molar-refractivity contribution is 5.75. The van der Waals surface area contributed by atoms with Crippen molar-refractivity contribution in [3.05, 3.63) is 41.6 Å². The van der Waals surface area contributed by atoms with Gasteiger partial charge in [-0.2, -0.15) is 4.98 Å². The Balaban J connectivity index is 1.52. The van der Waals surface area contributed by atoms with Crippen molar-refractivity contribution in [2.45, 2.75) is 18.9 Å². The van der Waals surface area contributed by atoms with Crippen LogP contribution in [0.3, 0.4) is 0 Å². The van der Waals surface area contributed by atoms with E-state index in [9.17, 15) is 4.39 Å². The number of aliphatic hydroxyl groups is 1. The van der Waals surface area contributed by atoms with Crippen LogP contribution in [-0.2, 0) is 11.3 Å². The minimum atomic E-state index is -0.301. The van der Waals surface area contributed by atoms with Crippen LogP contribution in [0.2, 0.25) is 0 Å². The van der Waals surface area contributed by atoms with E-state index in [1.54, 1.807) is 6.07 Å². The molecule has 1 fully saturated rings. The number of aromatic nitrogens is 4. The molecule has 27 heavy (non-hydrogen) atoms. The lowest BCUT2D eigenvalue weighted by Crippen LogP contribution is -2.13. The number of nitrogens with zero attached hydrogens (tertiary/aromatic N) is 3. The molecule has 1 aliphatic heterocycles. The van der Waals surface area contributed by atoms with Crippen LogP contribution in [0.15, 0.2) is 24.3 Å². The zero-order valence-corrected chi connectivity index (χ0v) is 14.7. The summed E-state index contributed by atoms with van der Waals surface area (Å²) in [7, 11) is 0. The standard InChI is InChI=1S/C18H21FN6O2/c19-12-1-2-13-15(7-12)23-17(22-13)9-21-16-8-14(11-3-6-27-10-11)24-18(25-16)20-4-5-26/h1-2,7-8,11,26H,3-6,9-10H2,(H,22,23)(H2,20,21,24,25)/t11-/m0/s1. The van der Waals surface area contributed by atoms with Gasteiger partial charge in [-0.25, -0.2) is 14.4 Å². The largest absolute Gasteiger partial charge is 0.395 e. The zero-order chi connectivity index (χ0) is 18.6. The summed E-state index contributed by atoms with van der Waals surface area (Å²) in [5, 5.41) is 15.3. The van der Waals surface area contributed by atoms with Crippen LogP contribution in [0.4, 0.5) is 16.2 Å². The summed E-state index contributed by atoms with van der Waals surface area (Å²) in [6, 6.07) is 6.36. The van der Waals surface area contributed by atoms with Crippen molar-refractivity contribution in [1.82, 2.24) is 19.9 Å². The average Bonchev–Trinajstić information content (AvgIpc) is 3.34. The zero-order valence-electron chi connectivity index (χ0n) is 14.7. The third-order valence-electron chi connectivity index (χ3n) is 4.42. The predicted molar refractivity (Wildman–Crippen MR) is 99.2 cm³/mol. The lowest BCUT2D eigenvalue weighted by molar-refractivity contribution is 0.193. The molecule has 0 unspecified atom stereocenters. The Bertz CT molecular complexity index is 925. The molecule has 8 nitrogen and oxygen atoms in total. The number of fused-ring (bicyclic) bond motifs is 1. The average molecular weight is 372 g/mol. The molecule has 4 rings (SSSR count). The number of anilines is 2. The van der Waals surface area contributed by atoms with E-state index in [-0.39, 0.29) is 18.3 Å². The topological polar surface area (TPSA) is 108 Å². The maximum absolute atomic E-state index is 13.3. The number of rotatable bonds is 7. The fraction of sp³-hybridized carbons (Fsp3) is 0.389. The molecule has 9 heteroatoms. The first-order chi connectivity index (χ1) is 13.2. The molecule has 0 spiro atoms. The Morgan fingerprint density at radius 1 is 1.22 bits per heavy atom. The Morgan fingerprint density at radius 2 is 2.15 bits per heavy atom. The van der Waals surface area contributed by atoms with E-state index in [1.165, 1.54) is 12.1 Å². The molecule has 0 amide bonds. The van der Waals surface area contributed by atoms with E-state index in [2.05, 4.69) is 30.6 Å². The number of imidazole rings is 1. The third kappa shape index (κ3) is 4.15. The highest BCUT2D eigenvalue weighted by Gasteiger charge is 2.21. The molecular weight excluding hydrogens is 351 g/mol. The van der Waals surface area contributed by atoms with E-state index in [4.69, 9.17) is 9.84 Å². The molecule has 0 radical (unpaired) electrons. The number of nitrogens with one attached hydrogen (secondary N) is 3.